The van der Waals surface area contributed by atoms with Crippen molar-refractivity contribution >= 4 is 23.4 Å². The molecule has 0 saturated carbocycles. The average Bonchev–Trinajstić information content (AvgIpc) is 3.01. The highest BCUT2D eigenvalue weighted by Gasteiger charge is 2.31. The van der Waals surface area contributed by atoms with E-state index in [9.17, 15) is 9.59 Å². The summed E-state index contributed by atoms with van der Waals surface area (Å²) in [6, 6.07) is 9.35. The molecular weight excluding hydrogens is 376 g/mol. The smallest absolute Gasteiger partial charge is 0.308 e. The second kappa shape index (κ2) is 8.50. The number of aromatic nitrogens is 1. The molecular formula is C22H27ClN2O3. The molecule has 0 spiro atoms. The first-order valence-corrected chi connectivity index (χ1v) is 10.0. The lowest BCUT2D eigenvalue weighted by Crippen LogP contribution is -2.45. The minimum absolute atomic E-state index is 0.0569. The van der Waals surface area contributed by atoms with Gasteiger partial charge in [0.2, 0.25) is 0 Å². The summed E-state index contributed by atoms with van der Waals surface area (Å²) in [4.78, 5) is 27.1. The summed E-state index contributed by atoms with van der Waals surface area (Å²) in [6.45, 7) is 7.39. The Morgan fingerprint density at radius 3 is 2.32 bits per heavy atom. The minimum Gasteiger partial charge on any atom is -0.469 e. The van der Waals surface area contributed by atoms with Crippen molar-refractivity contribution in [1.82, 2.24) is 9.47 Å². The number of nitrogens with zero attached hydrogens (tertiary/aromatic N) is 2. The Labute approximate surface area is 171 Å². The fourth-order valence-electron chi connectivity index (χ4n) is 4.08. The maximum absolute atomic E-state index is 13.2. The number of Topliss-reactive ketones (excluding diaryl/α,β-unsaturated/α-hetero) is 1. The number of likely N-dealkylation sites (tertiary alicyclic amines) is 1. The average molecular weight is 403 g/mol. The topological polar surface area (TPSA) is 51.5 Å². The number of ketones is 1. The quantitative estimate of drug-likeness (QED) is 0.555. The van der Waals surface area contributed by atoms with Crippen LogP contribution in [0.2, 0.25) is 5.02 Å². The second-order valence-electron chi connectivity index (χ2n) is 7.47. The third kappa shape index (κ3) is 4.01. The Balaban J connectivity index is 1.77. The summed E-state index contributed by atoms with van der Waals surface area (Å²) >= 11 is 6.00. The van der Waals surface area contributed by atoms with Gasteiger partial charge in [-0.05, 0) is 77.0 Å². The molecule has 0 aliphatic carbocycles. The summed E-state index contributed by atoms with van der Waals surface area (Å²) in [5, 5.41) is 0.687. The van der Waals surface area contributed by atoms with E-state index in [1.165, 1.54) is 7.11 Å². The normalized spacial score (nSPS) is 16.8. The van der Waals surface area contributed by atoms with E-state index in [0.717, 1.165) is 48.6 Å². The number of carbonyl (C=O) groups is 2. The molecule has 1 aromatic carbocycles. The van der Waals surface area contributed by atoms with Crippen LogP contribution < -0.4 is 0 Å². The van der Waals surface area contributed by atoms with Crippen molar-refractivity contribution in [3.05, 3.63) is 52.3 Å². The van der Waals surface area contributed by atoms with Crippen LogP contribution in [-0.2, 0) is 9.53 Å². The molecule has 0 amide bonds. The molecule has 150 valence electrons. The fourth-order valence-corrected chi connectivity index (χ4v) is 4.21. The first kappa shape index (κ1) is 20.6. The molecule has 0 bridgehead atoms. The Kier molecular flexibility index (Phi) is 6.26. The van der Waals surface area contributed by atoms with E-state index in [4.69, 9.17) is 16.3 Å². The highest BCUT2D eigenvalue weighted by molar-refractivity contribution is 6.30. The molecule has 2 heterocycles. The molecule has 5 nitrogen and oxygen atoms in total. The molecule has 1 fully saturated rings. The fraction of sp³-hybridized carbons (Fsp3) is 0.455. The van der Waals surface area contributed by atoms with Crippen molar-refractivity contribution < 1.29 is 14.3 Å². The molecule has 2 aromatic rings. The van der Waals surface area contributed by atoms with E-state index >= 15 is 0 Å². The maximum Gasteiger partial charge on any atom is 0.308 e. The Bertz CT molecular complexity index is 865. The van der Waals surface area contributed by atoms with Crippen LogP contribution in [0.15, 0.2) is 30.3 Å². The predicted octanol–water partition coefficient (Wildman–Crippen LogP) is 4.20. The van der Waals surface area contributed by atoms with Crippen LogP contribution >= 0.6 is 11.6 Å². The zero-order valence-electron chi connectivity index (χ0n) is 16.9. The number of piperidine rings is 1. The van der Waals surface area contributed by atoms with Crippen molar-refractivity contribution in [2.75, 3.05) is 20.2 Å². The predicted molar refractivity (Wildman–Crippen MR) is 110 cm³/mol. The molecule has 0 N–H and O–H groups in total. The maximum atomic E-state index is 13.2. The molecule has 3 rings (SSSR count). The standard InChI is InChI=1S/C22H27ClN2O3/c1-14-13-20(15(2)25(14)19-7-5-18(23)6-8-19)21(26)16(3)24-11-9-17(10-12-24)22(27)28-4/h5-8,13,16-17H,9-12H2,1-4H3. The first-order chi connectivity index (χ1) is 13.3. The van der Waals surface area contributed by atoms with Crippen LogP contribution in [0.1, 0.15) is 41.5 Å². The molecule has 1 aromatic heterocycles. The lowest BCUT2D eigenvalue weighted by atomic mass is 9.94. The molecule has 28 heavy (non-hydrogen) atoms. The summed E-state index contributed by atoms with van der Waals surface area (Å²) in [5.74, 6) is -0.0894. The van der Waals surface area contributed by atoms with Crippen LogP contribution in [0.25, 0.3) is 5.69 Å². The Morgan fingerprint density at radius 2 is 1.75 bits per heavy atom. The first-order valence-electron chi connectivity index (χ1n) is 9.64. The van der Waals surface area contributed by atoms with Crippen molar-refractivity contribution in [2.24, 2.45) is 5.92 Å². The number of rotatable bonds is 5. The van der Waals surface area contributed by atoms with Gasteiger partial charge in [0.25, 0.3) is 0 Å². The molecule has 1 atom stereocenters. The minimum atomic E-state index is -0.224. The zero-order chi connectivity index (χ0) is 20.4. The van der Waals surface area contributed by atoms with Crippen LogP contribution in [0.4, 0.5) is 0 Å². The number of ether oxygens (including phenoxy) is 1. The van der Waals surface area contributed by atoms with Crippen molar-refractivity contribution in [2.45, 2.75) is 39.7 Å². The van der Waals surface area contributed by atoms with E-state index in [0.29, 0.717) is 5.02 Å². The van der Waals surface area contributed by atoms with Gasteiger partial charge in [0, 0.05) is 27.7 Å². The molecule has 1 aliphatic rings. The number of carbonyl (C=O) groups excluding carboxylic acids is 2. The van der Waals surface area contributed by atoms with Gasteiger partial charge in [-0.2, -0.15) is 0 Å². The molecule has 1 saturated heterocycles. The van der Waals surface area contributed by atoms with E-state index in [-0.39, 0.29) is 23.7 Å². The summed E-state index contributed by atoms with van der Waals surface area (Å²) in [5.41, 5.74) is 3.68. The van der Waals surface area contributed by atoms with Gasteiger partial charge in [-0.1, -0.05) is 11.6 Å². The highest BCUT2D eigenvalue weighted by atomic mass is 35.5. The number of benzene rings is 1. The molecule has 1 unspecified atom stereocenters. The Morgan fingerprint density at radius 1 is 1.14 bits per heavy atom. The van der Waals surface area contributed by atoms with Gasteiger partial charge in [-0.3, -0.25) is 14.5 Å². The van der Waals surface area contributed by atoms with Gasteiger partial charge in [0.05, 0.1) is 19.1 Å². The van der Waals surface area contributed by atoms with Crippen LogP contribution in [0.5, 0.6) is 0 Å². The summed E-state index contributed by atoms with van der Waals surface area (Å²) in [7, 11) is 1.43. The number of hydrogen-bond acceptors (Lipinski definition) is 4. The SMILES string of the molecule is COC(=O)C1CCN(C(C)C(=O)c2cc(C)n(-c3ccc(Cl)cc3)c2C)CC1. The van der Waals surface area contributed by atoms with Gasteiger partial charge < -0.3 is 9.30 Å². The van der Waals surface area contributed by atoms with Crippen molar-refractivity contribution in [3.63, 3.8) is 0 Å². The van der Waals surface area contributed by atoms with Crippen LogP contribution in [0.3, 0.4) is 0 Å². The van der Waals surface area contributed by atoms with Gasteiger partial charge in [0.15, 0.2) is 5.78 Å². The third-order valence-electron chi connectivity index (χ3n) is 5.77. The van der Waals surface area contributed by atoms with E-state index in [2.05, 4.69) is 9.47 Å². The number of halogens is 1. The second-order valence-corrected chi connectivity index (χ2v) is 7.91. The number of methoxy groups -OCH3 is 1. The van der Waals surface area contributed by atoms with Crippen molar-refractivity contribution in [1.29, 1.82) is 0 Å². The highest BCUT2D eigenvalue weighted by Crippen LogP contribution is 2.26. The summed E-state index contributed by atoms with van der Waals surface area (Å²) < 4.78 is 6.93. The molecule has 0 radical (unpaired) electrons. The Hall–Kier alpha value is -2.11. The lowest BCUT2D eigenvalue weighted by molar-refractivity contribution is -0.147. The van der Waals surface area contributed by atoms with Gasteiger partial charge >= 0.3 is 5.97 Å². The van der Waals surface area contributed by atoms with E-state index in [1.807, 2.05) is 51.1 Å². The van der Waals surface area contributed by atoms with Crippen LogP contribution in [0, 0.1) is 19.8 Å². The summed E-state index contributed by atoms with van der Waals surface area (Å²) in [6.07, 6.45) is 1.46. The third-order valence-corrected chi connectivity index (χ3v) is 6.02. The van der Waals surface area contributed by atoms with Gasteiger partial charge in [-0.15, -0.1) is 0 Å². The lowest BCUT2D eigenvalue weighted by Gasteiger charge is -2.34. The van der Waals surface area contributed by atoms with Crippen molar-refractivity contribution in [3.8, 4) is 5.69 Å². The number of esters is 1. The monoisotopic (exact) mass is 402 g/mol. The largest absolute Gasteiger partial charge is 0.469 e. The number of hydrogen-bond donors (Lipinski definition) is 0. The van der Waals surface area contributed by atoms with E-state index in [1.54, 1.807) is 0 Å². The molecule has 6 heteroatoms. The van der Waals surface area contributed by atoms with Gasteiger partial charge in [0.1, 0.15) is 0 Å². The van der Waals surface area contributed by atoms with E-state index < -0.39 is 0 Å². The van der Waals surface area contributed by atoms with Gasteiger partial charge in [-0.25, -0.2) is 0 Å². The molecule has 1 aliphatic heterocycles. The zero-order valence-corrected chi connectivity index (χ0v) is 17.6. The number of aryl methyl sites for hydroxylation is 1. The van der Waals surface area contributed by atoms with Crippen LogP contribution in [-0.4, -0.2) is 47.5 Å².